The quantitative estimate of drug-likeness (QED) is 0.450. The molecule has 0 aromatic heterocycles. The van der Waals surface area contributed by atoms with Crippen molar-refractivity contribution in [1.82, 2.24) is 0 Å². The zero-order chi connectivity index (χ0) is 16.0. The molecule has 1 rings (SSSR count). The van der Waals surface area contributed by atoms with E-state index in [2.05, 4.69) is 0 Å². The largest absolute Gasteiger partial charge is 0.491 e. The molecule has 0 saturated heterocycles. The molecule has 0 atom stereocenters. The molecule has 126 valence electrons. The average Bonchev–Trinajstić information content (AvgIpc) is 2.53. The fourth-order valence-corrected chi connectivity index (χ4v) is 2.02. The molecule has 22 heavy (non-hydrogen) atoms. The molecule has 6 heteroatoms. The highest BCUT2D eigenvalue weighted by molar-refractivity contribution is 5.36. The lowest BCUT2D eigenvalue weighted by atomic mass is 10.0. The summed E-state index contributed by atoms with van der Waals surface area (Å²) in [5.74, 6) is 0.732. The predicted octanol–water partition coefficient (Wildman–Crippen LogP) is 0.161. The number of benzene rings is 1. The van der Waals surface area contributed by atoms with E-state index < -0.39 is 0 Å². The van der Waals surface area contributed by atoms with Gasteiger partial charge in [-0.25, -0.2) is 0 Å². The minimum absolute atomic E-state index is 0.00764. The number of ether oxygens (including phenoxy) is 3. The maximum absolute atomic E-state index is 9.17. The molecule has 6 nitrogen and oxygen atoms in total. The van der Waals surface area contributed by atoms with Gasteiger partial charge < -0.3 is 29.5 Å². The van der Waals surface area contributed by atoms with E-state index in [1.165, 1.54) is 0 Å². The van der Waals surface area contributed by atoms with Gasteiger partial charge in [0.2, 0.25) is 0 Å². The van der Waals surface area contributed by atoms with Crippen LogP contribution in [-0.4, -0.2) is 68.2 Å². The first kappa shape index (κ1) is 18.9. The molecule has 1 aromatic carbocycles. The highest BCUT2D eigenvalue weighted by Gasteiger charge is 2.05. The van der Waals surface area contributed by atoms with E-state index in [-0.39, 0.29) is 19.8 Å². The van der Waals surface area contributed by atoms with Gasteiger partial charge in [-0.2, -0.15) is 0 Å². The molecule has 0 aliphatic heterocycles. The summed E-state index contributed by atoms with van der Waals surface area (Å²) in [5, 5.41) is 26.4. The van der Waals surface area contributed by atoms with Crippen molar-refractivity contribution in [3.63, 3.8) is 0 Å². The van der Waals surface area contributed by atoms with Crippen LogP contribution < -0.4 is 4.74 Å². The van der Waals surface area contributed by atoms with Gasteiger partial charge in [0.25, 0.3) is 0 Å². The van der Waals surface area contributed by atoms with Gasteiger partial charge in [0.15, 0.2) is 0 Å². The third kappa shape index (κ3) is 7.72. The minimum atomic E-state index is 0.00764. The average molecular weight is 314 g/mol. The lowest BCUT2D eigenvalue weighted by Crippen LogP contribution is -2.10. The molecule has 1 aromatic rings. The third-order valence-corrected chi connectivity index (χ3v) is 3.04. The zero-order valence-corrected chi connectivity index (χ0v) is 12.9. The van der Waals surface area contributed by atoms with Crippen molar-refractivity contribution in [3.8, 4) is 5.75 Å². The van der Waals surface area contributed by atoms with Crippen LogP contribution in [0, 0.1) is 0 Å². The van der Waals surface area contributed by atoms with Crippen LogP contribution in [0.25, 0.3) is 0 Å². The summed E-state index contributed by atoms with van der Waals surface area (Å²) in [7, 11) is 0. The summed E-state index contributed by atoms with van der Waals surface area (Å²) in [4.78, 5) is 0. The van der Waals surface area contributed by atoms with Gasteiger partial charge in [-0.1, -0.05) is 6.07 Å². The monoisotopic (exact) mass is 314 g/mol. The van der Waals surface area contributed by atoms with E-state index >= 15 is 0 Å². The SMILES string of the molecule is OCCOCCOc1ccc(CCOCCO)c(CCO)c1. The Hall–Kier alpha value is -1.18. The molecule has 0 aliphatic carbocycles. The fraction of sp³-hybridized carbons (Fsp3) is 0.625. The predicted molar refractivity (Wildman–Crippen MR) is 82.2 cm³/mol. The lowest BCUT2D eigenvalue weighted by molar-refractivity contribution is 0.0705. The Labute approximate surface area is 131 Å². The summed E-state index contributed by atoms with van der Waals surface area (Å²) >= 11 is 0. The van der Waals surface area contributed by atoms with E-state index in [0.29, 0.717) is 39.5 Å². The van der Waals surface area contributed by atoms with Crippen LogP contribution in [-0.2, 0) is 22.3 Å². The summed E-state index contributed by atoms with van der Waals surface area (Å²) < 4.78 is 16.0. The van der Waals surface area contributed by atoms with E-state index in [0.717, 1.165) is 23.3 Å². The minimum Gasteiger partial charge on any atom is -0.491 e. The van der Waals surface area contributed by atoms with Gasteiger partial charge in [0.1, 0.15) is 12.4 Å². The molecule has 0 radical (unpaired) electrons. The van der Waals surface area contributed by atoms with Crippen molar-refractivity contribution in [1.29, 1.82) is 0 Å². The second-order valence-electron chi connectivity index (χ2n) is 4.67. The van der Waals surface area contributed by atoms with Crippen molar-refractivity contribution in [2.75, 3.05) is 52.9 Å². The number of hydrogen-bond acceptors (Lipinski definition) is 6. The molecule has 0 spiro atoms. The van der Waals surface area contributed by atoms with Gasteiger partial charge in [-0.3, -0.25) is 0 Å². The van der Waals surface area contributed by atoms with Crippen molar-refractivity contribution in [2.24, 2.45) is 0 Å². The standard InChI is InChI=1S/C16H26O6/c17-5-3-15-13-16(22-12-11-21-10-7-19)2-1-14(15)4-8-20-9-6-18/h1-2,13,17-19H,3-12H2. The molecule has 0 fully saturated rings. The number of rotatable bonds is 13. The Morgan fingerprint density at radius 3 is 2.09 bits per heavy atom. The summed E-state index contributed by atoms with van der Waals surface area (Å²) in [6.45, 7) is 2.13. The molecule has 3 N–H and O–H groups in total. The van der Waals surface area contributed by atoms with E-state index in [1.807, 2.05) is 18.2 Å². The van der Waals surface area contributed by atoms with Gasteiger partial charge in [0.05, 0.1) is 39.6 Å². The van der Waals surface area contributed by atoms with Gasteiger partial charge in [-0.05, 0) is 36.1 Å². The van der Waals surface area contributed by atoms with Crippen LogP contribution in [0.2, 0.25) is 0 Å². The van der Waals surface area contributed by atoms with Crippen LogP contribution in [0.4, 0.5) is 0 Å². The molecule has 0 aliphatic rings. The Kier molecular flexibility index (Phi) is 10.6. The molecule has 0 heterocycles. The van der Waals surface area contributed by atoms with Gasteiger partial charge >= 0.3 is 0 Å². The van der Waals surface area contributed by atoms with E-state index in [1.54, 1.807) is 0 Å². The van der Waals surface area contributed by atoms with Crippen LogP contribution in [0.5, 0.6) is 5.75 Å². The first-order valence-electron chi connectivity index (χ1n) is 7.54. The summed E-state index contributed by atoms with van der Waals surface area (Å²) in [5.41, 5.74) is 2.14. The Morgan fingerprint density at radius 2 is 1.41 bits per heavy atom. The molecule has 0 amide bonds. The Balaban J connectivity index is 2.49. The number of hydrogen-bond donors (Lipinski definition) is 3. The van der Waals surface area contributed by atoms with Gasteiger partial charge in [0, 0.05) is 6.61 Å². The van der Waals surface area contributed by atoms with Crippen molar-refractivity contribution < 1.29 is 29.5 Å². The summed E-state index contributed by atoms with van der Waals surface area (Å²) in [6.07, 6.45) is 1.29. The lowest BCUT2D eigenvalue weighted by Gasteiger charge is -2.12. The van der Waals surface area contributed by atoms with E-state index in [4.69, 9.17) is 29.5 Å². The molecular weight excluding hydrogens is 288 g/mol. The number of aliphatic hydroxyl groups excluding tert-OH is 3. The van der Waals surface area contributed by atoms with Crippen molar-refractivity contribution in [2.45, 2.75) is 12.8 Å². The fourth-order valence-electron chi connectivity index (χ4n) is 2.02. The van der Waals surface area contributed by atoms with Crippen molar-refractivity contribution >= 4 is 0 Å². The Morgan fingerprint density at radius 1 is 0.682 bits per heavy atom. The molecule has 0 unspecified atom stereocenters. The highest BCUT2D eigenvalue weighted by atomic mass is 16.5. The second kappa shape index (κ2) is 12.4. The summed E-state index contributed by atoms with van der Waals surface area (Å²) in [6, 6.07) is 5.77. The van der Waals surface area contributed by atoms with Crippen LogP contribution in [0.1, 0.15) is 11.1 Å². The van der Waals surface area contributed by atoms with E-state index in [9.17, 15) is 0 Å². The third-order valence-electron chi connectivity index (χ3n) is 3.04. The highest BCUT2D eigenvalue weighted by Crippen LogP contribution is 2.19. The smallest absolute Gasteiger partial charge is 0.119 e. The molecular formula is C16H26O6. The first-order chi connectivity index (χ1) is 10.8. The van der Waals surface area contributed by atoms with Gasteiger partial charge in [-0.15, -0.1) is 0 Å². The molecule has 0 bridgehead atoms. The van der Waals surface area contributed by atoms with Crippen LogP contribution in [0.3, 0.4) is 0 Å². The maximum atomic E-state index is 9.17. The normalized spacial score (nSPS) is 10.9. The second-order valence-corrected chi connectivity index (χ2v) is 4.67. The zero-order valence-electron chi connectivity index (χ0n) is 12.9. The van der Waals surface area contributed by atoms with Crippen LogP contribution in [0.15, 0.2) is 18.2 Å². The van der Waals surface area contributed by atoms with Crippen LogP contribution >= 0.6 is 0 Å². The molecule has 0 saturated carbocycles. The first-order valence-corrected chi connectivity index (χ1v) is 7.54. The maximum Gasteiger partial charge on any atom is 0.119 e. The van der Waals surface area contributed by atoms with Crippen molar-refractivity contribution in [3.05, 3.63) is 29.3 Å². The topological polar surface area (TPSA) is 88.4 Å². The Bertz CT molecular complexity index is 396. The number of aliphatic hydroxyl groups is 3.